The molecule has 1 heterocycles. The first-order chi connectivity index (χ1) is 13.4. The average molecular weight is 388 g/mol. The first-order valence-corrected chi connectivity index (χ1v) is 9.64. The van der Waals surface area contributed by atoms with Crippen molar-refractivity contribution in [2.75, 3.05) is 0 Å². The standard InChI is InChI=1S/C23H26F2O3/c1-5-7-16-8-9-21(15(4)14(16)3)26-13-18-12-20(28-23(24)25)11-17-10-19(6-2)27-22(17)18/h8-12,23H,5-7,13H2,1-4H3. The summed E-state index contributed by atoms with van der Waals surface area (Å²) in [7, 11) is 0. The average Bonchev–Trinajstić information content (AvgIpc) is 3.07. The van der Waals surface area contributed by atoms with Gasteiger partial charge < -0.3 is 13.9 Å². The van der Waals surface area contributed by atoms with Gasteiger partial charge in [-0.2, -0.15) is 8.78 Å². The fraction of sp³-hybridized carbons (Fsp3) is 0.391. The summed E-state index contributed by atoms with van der Waals surface area (Å²) in [6.07, 6.45) is 2.84. The van der Waals surface area contributed by atoms with E-state index in [1.807, 2.05) is 26.0 Å². The molecule has 3 rings (SSSR count). The van der Waals surface area contributed by atoms with E-state index in [-0.39, 0.29) is 12.4 Å². The lowest BCUT2D eigenvalue weighted by atomic mass is 9.99. The highest BCUT2D eigenvalue weighted by Crippen LogP contribution is 2.32. The first kappa shape index (κ1) is 20.2. The van der Waals surface area contributed by atoms with Gasteiger partial charge in [-0.3, -0.25) is 0 Å². The molecule has 150 valence electrons. The van der Waals surface area contributed by atoms with E-state index in [4.69, 9.17) is 9.15 Å². The van der Waals surface area contributed by atoms with Gasteiger partial charge in [0.15, 0.2) is 0 Å². The predicted molar refractivity (Wildman–Crippen MR) is 106 cm³/mol. The van der Waals surface area contributed by atoms with Crippen molar-refractivity contribution < 1.29 is 22.7 Å². The number of benzene rings is 2. The number of furan rings is 1. The van der Waals surface area contributed by atoms with Crippen molar-refractivity contribution in [2.45, 2.75) is 60.2 Å². The third-order valence-corrected chi connectivity index (χ3v) is 5.04. The summed E-state index contributed by atoms with van der Waals surface area (Å²) in [6, 6.07) is 9.05. The van der Waals surface area contributed by atoms with Crippen LogP contribution in [0.15, 0.2) is 34.7 Å². The molecule has 0 spiro atoms. The van der Waals surface area contributed by atoms with Gasteiger partial charge in [0.1, 0.15) is 29.4 Å². The summed E-state index contributed by atoms with van der Waals surface area (Å²) in [4.78, 5) is 0. The summed E-state index contributed by atoms with van der Waals surface area (Å²) in [6.45, 7) is 5.61. The van der Waals surface area contributed by atoms with Crippen LogP contribution in [-0.2, 0) is 19.4 Å². The zero-order valence-corrected chi connectivity index (χ0v) is 16.8. The number of hydrogen-bond acceptors (Lipinski definition) is 3. The Morgan fingerprint density at radius 1 is 1.00 bits per heavy atom. The number of alkyl halides is 2. The maximum atomic E-state index is 12.7. The van der Waals surface area contributed by atoms with Crippen molar-refractivity contribution in [3.63, 3.8) is 0 Å². The Kier molecular flexibility index (Phi) is 6.22. The van der Waals surface area contributed by atoms with Crippen LogP contribution in [0.25, 0.3) is 11.0 Å². The second kappa shape index (κ2) is 8.63. The topological polar surface area (TPSA) is 31.6 Å². The van der Waals surface area contributed by atoms with Crippen LogP contribution in [0.1, 0.15) is 48.3 Å². The van der Waals surface area contributed by atoms with Crippen LogP contribution in [0.3, 0.4) is 0 Å². The van der Waals surface area contributed by atoms with Crippen molar-refractivity contribution in [3.05, 3.63) is 58.3 Å². The lowest BCUT2D eigenvalue weighted by molar-refractivity contribution is -0.0498. The highest BCUT2D eigenvalue weighted by atomic mass is 19.3. The number of hydrogen-bond donors (Lipinski definition) is 0. The van der Waals surface area contributed by atoms with Gasteiger partial charge in [-0.05, 0) is 61.2 Å². The molecule has 0 aliphatic carbocycles. The van der Waals surface area contributed by atoms with E-state index in [9.17, 15) is 8.78 Å². The van der Waals surface area contributed by atoms with Gasteiger partial charge in [0, 0.05) is 17.4 Å². The Morgan fingerprint density at radius 2 is 1.79 bits per heavy atom. The number of rotatable bonds is 8. The second-order valence-electron chi connectivity index (χ2n) is 6.96. The van der Waals surface area contributed by atoms with Gasteiger partial charge in [-0.1, -0.05) is 26.3 Å². The fourth-order valence-electron chi connectivity index (χ4n) is 3.41. The van der Waals surface area contributed by atoms with Gasteiger partial charge >= 0.3 is 6.61 Å². The van der Waals surface area contributed by atoms with Gasteiger partial charge in [0.25, 0.3) is 0 Å². The molecule has 5 heteroatoms. The van der Waals surface area contributed by atoms with Gasteiger partial charge in [0.2, 0.25) is 0 Å². The molecule has 0 aliphatic rings. The molecule has 0 saturated heterocycles. The summed E-state index contributed by atoms with van der Waals surface area (Å²) in [5.74, 6) is 1.69. The summed E-state index contributed by atoms with van der Waals surface area (Å²) < 4.78 is 41.9. The molecule has 0 N–H and O–H groups in total. The molecule has 0 unspecified atom stereocenters. The van der Waals surface area contributed by atoms with Crippen molar-refractivity contribution >= 4 is 11.0 Å². The SMILES string of the molecule is CCCc1ccc(OCc2cc(OC(F)F)cc3cc(CC)oc23)c(C)c1C. The molecule has 1 aromatic heterocycles. The van der Waals surface area contributed by atoms with E-state index in [1.54, 1.807) is 12.1 Å². The van der Waals surface area contributed by atoms with Gasteiger partial charge in [-0.15, -0.1) is 0 Å². The highest BCUT2D eigenvalue weighted by molar-refractivity contribution is 5.83. The molecule has 0 saturated carbocycles. The van der Waals surface area contributed by atoms with Crippen LogP contribution in [0.2, 0.25) is 0 Å². The number of aryl methyl sites for hydroxylation is 2. The zero-order valence-electron chi connectivity index (χ0n) is 16.8. The first-order valence-electron chi connectivity index (χ1n) is 9.64. The zero-order chi connectivity index (χ0) is 20.3. The molecule has 0 atom stereocenters. The van der Waals surface area contributed by atoms with E-state index in [0.717, 1.165) is 41.7 Å². The predicted octanol–water partition coefficient (Wildman–Crippen LogP) is 6.74. The van der Waals surface area contributed by atoms with Crippen LogP contribution in [-0.4, -0.2) is 6.61 Å². The molecular formula is C23H26F2O3. The number of ether oxygens (including phenoxy) is 2. The highest BCUT2D eigenvalue weighted by Gasteiger charge is 2.15. The van der Waals surface area contributed by atoms with Crippen LogP contribution in [0.5, 0.6) is 11.5 Å². The molecule has 28 heavy (non-hydrogen) atoms. The minimum absolute atomic E-state index is 0.107. The summed E-state index contributed by atoms with van der Waals surface area (Å²) in [5, 5.41) is 0.736. The Balaban J connectivity index is 1.91. The lowest BCUT2D eigenvalue weighted by Crippen LogP contribution is -2.04. The third kappa shape index (κ3) is 4.29. The Labute approximate surface area is 164 Å². The summed E-state index contributed by atoms with van der Waals surface area (Å²) in [5.41, 5.74) is 4.97. The number of halogens is 2. The molecule has 0 bridgehead atoms. The molecule has 2 aromatic carbocycles. The van der Waals surface area contributed by atoms with Crippen molar-refractivity contribution in [1.82, 2.24) is 0 Å². The normalized spacial score (nSPS) is 11.4. The molecule has 0 amide bonds. The maximum absolute atomic E-state index is 12.7. The van der Waals surface area contributed by atoms with E-state index >= 15 is 0 Å². The van der Waals surface area contributed by atoms with Crippen LogP contribution in [0, 0.1) is 13.8 Å². The van der Waals surface area contributed by atoms with Crippen molar-refractivity contribution in [2.24, 2.45) is 0 Å². The minimum atomic E-state index is -2.88. The maximum Gasteiger partial charge on any atom is 0.387 e. The van der Waals surface area contributed by atoms with E-state index in [0.29, 0.717) is 11.1 Å². The molecule has 3 nitrogen and oxygen atoms in total. The van der Waals surface area contributed by atoms with E-state index in [1.165, 1.54) is 11.1 Å². The number of fused-ring (bicyclic) bond motifs is 1. The van der Waals surface area contributed by atoms with Crippen LogP contribution < -0.4 is 9.47 Å². The monoisotopic (exact) mass is 388 g/mol. The van der Waals surface area contributed by atoms with Crippen LogP contribution in [0.4, 0.5) is 8.78 Å². The smallest absolute Gasteiger partial charge is 0.387 e. The van der Waals surface area contributed by atoms with Gasteiger partial charge in [0.05, 0.1) is 0 Å². The molecule has 3 aromatic rings. The lowest BCUT2D eigenvalue weighted by Gasteiger charge is -2.15. The molecule has 0 radical (unpaired) electrons. The Hall–Kier alpha value is -2.56. The quantitative estimate of drug-likeness (QED) is 0.428. The minimum Gasteiger partial charge on any atom is -0.488 e. The fourth-order valence-corrected chi connectivity index (χ4v) is 3.41. The Morgan fingerprint density at radius 3 is 2.46 bits per heavy atom. The van der Waals surface area contributed by atoms with E-state index < -0.39 is 6.61 Å². The van der Waals surface area contributed by atoms with E-state index in [2.05, 4.69) is 24.7 Å². The second-order valence-corrected chi connectivity index (χ2v) is 6.96. The third-order valence-electron chi connectivity index (χ3n) is 5.04. The van der Waals surface area contributed by atoms with Gasteiger partial charge in [-0.25, -0.2) is 0 Å². The molecular weight excluding hydrogens is 362 g/mol. The van der Waals surface area contributed by atoms with Crippen molar-refractivity contribution in [1.29, 1.82) is 0 Å². The van der Waals surface area contributed by atoms with Crippen molar-refractivity contribution in [3.8, 4) is 11.5 Å². The Bertz CT molecular complexity index is 960. The summed E-state index contributed by atoms with van der Waals surface area (Å²) >= 11 is 0. The largest absolute Gasteiger partial charge is 0.488 e. The van der Waals surface area contributed by atoms with Crippen LogP contribution >= 0.6 is 0 Å². The molecule has 0 aliphatic heterocycles. The molecule has 0 fully saturated rings.